The number of benzene rings is 1. The SMILES string of the molecule is CCNS(=O)(=O)c1ccc(Oc2ncc(F)cn2)cc1. The lowest BCUT2D eigenvalue weighted by Crippen LogP contribution is -2.22. The first-order valence-corrected chi connectivity index (χ1v) is 7.24. The second kappa shape index (κ2) is 5.93. The molecule has 2 rings (SSSR count). The van der Waals surface area contributed by atoms with Gasteiger partial charge in [0.25, 0.3) is 0 Å². The molecule has 0 aliphatic carbocycles. The lowest BCUT2D eigenvalue weighted by atomic mass is 10.3. The molecule has 0 amide bonds. The second-order valence-electron chi connectivity index (χ2n) is 3.76. The molecule has 0 fully saturated rings. The molecule has 0 aliphatic heterocycles. The Hall–Kier alpha value is -2.06. The first-order valence-electron chi connectivity index (χ1n) is 5.76. The van der Waals surface area contributed by atoms with Gasteiger partial charge in [-0.25, -0.2) is 27.5 Å². The molecular weight excluding hydrogens is 285 g/mol. The zero-order chi connectivity index (χ0) is 14.6. The van der Waals surface area contributed by atoms with Crippen molar-refractivity contribution in [3.63, 3.8) is 0 Å². The van der Waals surface area contributed by atoms with Crippen LogP contribution in [0.15, 0.2) is 41.6 Å². The van der Waals surface area contributed by atoms with Gasteiger partial charge in [0.2, 0.25) is 10.0 Å². The summed E-state index contributed by atoms with van der Waals surface area (Å²) in [6.07, 6.45) is 1.96. The van der Waals surface area contributed by atoms with E-state index < -0.39 is 15.8 Å². The Labute approximate surface area is 115 Å². The third-order valence-corrected chi connectivity index (χ3v) is 3.84. The molecule has 1 N–H and O–H groups in total. The van der Waals surface area contributed by atoms with Gasteiger partial charge in [0.1, 0.15) is 5.75 Å². The molecule has 106 valence electrons. The van der Waals surface area contributed by atoms with Crippen molar-refractivity contribution in [3.8, 4) is 11.8 Å². The van der Waals surface area contributed by atoms with E-state index in [1.807, 2.05) is 0 Å². The van der Waals surface area contributed by atoms with Gasteiger partial charge in [0, 0.05) is 6.54 Å². The van der Waals surface area contributed by atoms with Gasteiger partial charge >= 0.3 is 6.01 Å². The summed E-state index contributed by atoms with van der Waals surface area (Å²) in [5.41, 5.74) is 0. The Balaban J connectivity index is 2.14. The lowest BCUT2D eigenvalue weighted by molar-refractivity contribution is 0.436. The monoisotopic (exact) mass is 297 g/mol. The van der Waals surface area contributed by atoms with Crippen molar-refractivity contribution >= 4 is 10.0 Å². The quantitative estimate of drug-likeness (QED) is 0.908. The summed E-state index contributed by atoms with van der Waals surface area (Å²) in [6.45, 7) is 2.00. The molecule has 0 saturated carbocycles. The van der Waals surface area contributed by atoms with E-state index in [1.165, 1.54) is 24.3 Å². The zero-order valence-corrected chi connectivity index (χ0v) is 11.4. The number of ether oxygens (including phenoxy) is 1. The van der Waals surface area contributed by atoms with Crippen molar-refractivity contribution in [2.75, 3.05) is 6.54 Å². The molecule has 0 bridgehead atoms. The van der Waals surface area contributed by atoms with E-state index in [-0.39, 0.29) is 10.9 Å². The molecule has 0 radical (unpaired) electrons. The van der Waals surface area contributed by atoms with Gasteiger partial charge in [-0.15, -0.1) is 0 Å². The predicted octanol–water partition coefficient (Wildman–Crippen LogP) is 1.71. The van der Waals surface area contributed by atoms with Crippen molar-refractivity contribution in [3.05, 3.63) is 42.5 Å². The van der Waals surface area contributed by atoms with Crippen molar-refractivity contribution < 1.29 is 17.5 Å². The van der Waals surface area contributed by atoms with Crippen molar-refractivity contribution in [1.29, 1.82) is 0 Å². The highest BCUT2D eigenvalue weighted by atomic mass is 32.2. The minimum atomic E-state index is -3.49. The number of hydrogen-bond donors (Lipinski definition) is 1. The van der Waals surface area contributed by atoms with Crippen LogP contribution in [0.3, 0.4) is 0 Å². The predicted molar refractivity (Wildman–Crippen MR) is 69.4 cm³/mol. The fraction of sp³-hybridized carbons (Fsp3) is 0.167. The number of sulfonamides is 1. The van der Waals surface area contributed by atoms with E-state index in [0.717, 1.165) is 12.4 Å². The summed E-state index contributed by atoms with van der Waals surface area (Å²) in [5.74, 6) is -0.212. The smallest absolute Gasteiger partial charge is 0.322 e. The highest BCUT2D eigenvalue weighted by molar-refractivity contribution is 7.89. The largest absolute Gasteiger partial charge is 0.424 e. The van der Waals surface area contributed by atoms with Gasteiger partial charge in [-0.1, -0.05) is 6.92 Å². The van der Waals surface area contributed by atoms with Gasteiger partial charge in [-0.3, -0.25) is 0 Å². The van der Waals surface area contributed by atoms with Crippen LogP contribution >= 0.6 is 0 Å². The highest BCUT2D eigenvalue weighted by Gasteiger charge is 2.12. The normalized spacial score (nSPS) is 11.3. The highest BCUT2D eigenvalue weighted by Crippen LogP contribution is 2.19. The average molecular weight is 297 g/mol. The molecule has 0 atom stereocenters. The van der Waals surface area contributed by atoms with Gasteiger partial charge in [-0.2, -0.15) is 0 Å². The average Bonchev–Trinajstić information content (AvgIpc) is 2.42. The molecule has 0 saturated heterocycles. The van der Waals surface area contributed by atoms with Crippen LogP contribution in [0.4, 0.5) is 4.39 Å². The van der Waals surface area contributed by atoms with Crippen molar-refractivity contribution in [1.82, 2.24) is 14.7 Å². The molecule has 2 aromatic rings. The van der Waals surface area contributed by atoms with Crippen molar-refractivity contribution in [2.24, 2.45) is 0 Å². The minimum absolute atomic E-state index is 0.0197. The van der Waals surface area contributed by atoms with Crippen LogP contribution in [-0.2, 0) is 10.0 Å². The minimum Gasteiger partial charge on any atom is -0.424 e. The van der Waals surface area contributed by atoms with Gasteiger partial charge in [0.05, 0.1) is 17.3 Å². The number of rotatable bonds is 5. The summed E-state index contributed by atoms with van der Waals surface area (Å²) < 4.78 is 43.7. The Kier molecular flexibility index (Phi) is 4.26. The standard InChI is InChI=1S/C12H12FN3O3S/c1-2-16-20(17,18)11-5-3-10(4-6-11)19-12-14-7-9(13)8-15-12/h3-8,16H,2H2,1H3. The van der Waals surface area contributed by atoms with Crippen LogP contribution in [0.25, 0.3) is 0 Å². The van der Waals surface area contributed by atoms with E-state index >= 15 is 0 Å². The fourth-order valence-corrected chi connectivity index (χ4v) is 2.46. The Bertz CT molecular complexity index is 672. The van der Waals surface area contributed by atoms with Crippen LogP contribution < -0.4 is 9.46 Å². The lowest BCUT2D eigenvalue weighted by Gasteiger charge is -2.06. The maximum atomic E-state index is 12.6. The topological polar surface area (TPSA) is 81.2 Å². The third-order valence-electron chi connectivity index (χ3n) is 2.27. The molecule has 8 heteroatoms. The van der Waals surface area contributed by atoms with Crippen molar-refractivity contribution in [2.45, 2.75) is 11.8 Å². The van der Waals surface area contributed by atoms with E-state index in [1.54, 1.807) is 6.92 Å². The molecule has 6 nitrogen and oxygen atoms in total. The van der Waals surface area contributed by atoms with E-state index in [2.05, 4.69) is 14.7 Å². The first kappa shape index (κ1) is 14.4. The molecule has 0 aliphatic rings. The van der Waals surface area contributed by atoms with Gasteiger partial charge < -0.3 is 4.74 Å². The summed E-state index contributed by atoms with van der Waals surface area (Å²) in [4.78, 5) is 7.40. The fourth-order valence-electron chi connectivity index (χ4n) is 1.42. The van der Waals surface area contributed by atoms with E-state index in [0.29, 0.717) is 12.3 Å². The summed E-state index contributed by atoms with van der Waals surface area (Å²) >= 11 is 0. The van der Waals surface area contributed by atoms with Crippen LogP contribution in [0.1, 0.15) is 6.92 Å². The molecule has 1 heterocycles. The van der Waals surface area contributed by atoms with Crippen LogP contribution in [-0.4, -0.2) is 24.9 Å². The Morgan fingerprint density at radius 1 is 1.20 bits per heavy atom. The number of hydrogen-bond acceptors (Lipinski definition) is 5. The molecule has 0 spiro atoms. The van der Waals surface area contributed by atoms with Gasteiger partial charge in [-0.05, 0) is 24.3 Å². The maximum absolute atomic E-state index is 12.6. The zero-order valence-electron chi connectivity index (χ0n) is 10.6. The van der Waals surface area contributed by atoms with E-state index in [4.69, 9.17) is 4.74 Å². The molecular formula is C12H12FN3O3S. The van der Waals surface area contributed by atoms with Gasteiger partial charge in [0.15, 0.2) is 5.82 Å². The van der Waals surface area contributed by atoms with E-state index in [9.17, 15) is 12.8 Å². The molecule has 1 aromatic carbocycles. The first-order chi connectivity index (χ1) is 9.51. The molecule has 20 heavy (non-hydrogen) atoms. The number of nitrogens with one attached hydrogen (secondary N) is 1. The molecule has 0 unspecified atom stereocenters. The maximum Gasteiger partial charge on any atom is 0.322 e. The number of aromatic nitrogens is 2. The summed E-state index contributed by atoms with van der Waals surface area (Å²) in [6, 6.07) is 5.72. The van der Waals surface area contributed by atoms with Crippen LogP contribution in [0, 0.1) is 5.82 Å². The number of nitrogens with zero attached hydrogens (tertiary/aromatic N) is 2. The summed E-state index contributed by atoms with van der Waals surface area (Å²) in [5, 5.41) is 0. The number of halogens is 1. The van der Waals surface area contributed by atoms with Crippen LogP contribution in [0.5, 0.6) is 11.8 Å². The van der Waals surface area contributed by atoms with Crippen LogP contribution in [0.2, 0.25) is 0 Å². The Morgan fingerprint density at radius 3 is 2.35 bits per heavy atom. The Morgan fingerprint density at radius 2 is 1.80 bits per heavy atom. The third kappa shape index (κ3) is 3.49. The second-order valence-corrected chi connectivity index (χ2v) is 5.53. The summed E-state index contributed by atoms with van der Waals surface area (Å²) in [7, 11) is -3.49. The molecule has 1 aromatic heterocycles.